The van der Waals surface area contributed by atoms with Crippen molar-refractivity contribution in [1.29, 1.82) is 0 Å². The molecule has 0 amide bonds. The van der Waals surface area contributed by atoms with Gasteiger partial charge in [-0.05, 0) is 40.8 Å². The van der Waals surface area contributed by atoms with Crippen LogP contribution in [0.3, 0.4) is 0 Å². The van der Waals surface area contributed by atoms with Crippen LogP contribution in [-0.4, -0.2) is 0 Å². The Morgan fingerprint density at radius 3 is 2.43 bits per heavy atom. The summed E-state index contributed by atoms with van der Waals surface area (Å²) in [5.74, 6) is -0.244. The molecule has 1 unspecified atom stereocenters. The Hall–Kier alpha value is -1.42. The Bertz CT molecular complexity index is 819. The van der Waals surface area contributed by atoms with Gasteiger partial charge in [0.1, 0.15) is 5.82 Å². The molecule has 4 heteroatoms. The third-order valence-electron chi connectivity index (χ3n) is 3.53. The fourth-order valence-corrected chi connectivity index (χ4v) is 3.15. The molecule has 0 radical (unpaired) electrons. The highest BCUT2D eigenvalue weighted by Gasteiger charge is 2.16. The number of fused-ring (bicyclic) bond motifs is 1. The standard InChI is InChI=1S/C17H12BrClFN/c18-15-7-5-10(19)9-14(15)17(21)13-6-8-16(20)12-4-2-1-3-11(12)13/h1-9,17H,21H2. The van der Waals surface area contributed by atoms with Gasteiger partial charge in [0.15, 0.2) is 0 Å². The average molecular weight is 365 g/mol. The van der Waals surface area contributed by atoms with Crippen molar-refractivity contribution >= 4 is 38.3 Å². The summed E-state index contributed by atoms with van der Waals surface area (Å²) in [6.45, 7) is 0. The molecule has 2 N–H and O–H groups in total. The summed E-state index contributed by atoms with van der Waals surface area (Å²) in [4.78, 5) is 0. The lowest BCUT2D eigenvalue weighted by molar-refractivity contribution is 0.639. The number of benzene rings is 3. The quantitative estimate of drug-likeness (QED) is 0.643. The Morgan fingerprint density at radius 1 is 0.952 bits per heavy atom. The molecule has 0 aromatic heterocycles. The van der Waals surface area contributed by atoms with E-state index in [-0.39, 0.29) is 11.9 Å². The highest BCUT2D eigenvalue weighted by atomic mass is 79.9. The van der Waals surface area contributed by atoms with Crippen molar-refractivity contribution in [2.75, 3.05) is 0 Å². The second-order valence-electron chi connectivity index (χ2n) is 4.83. The van der Waals surface area contributed by atoms with Crippen molar-refractivity contribution in [2.45, 2.75) is 6.04 Å². The van der Waals surface area contributed by atoms with Crippen LogP contribution < -0.4 is 5.73 Å². The minimum absolute atomic E-state index is 0.244. The van der Waals surface area contributed by atoms with Gasteiger partial charge in [-0.15, -0.1) is 0 Å². The lowest BCUT2D eigenvalue weighted by atomic mass is 9.94. The maximum Gasteiger partial charge on any atom is 0.131 e. The highest BCUT2D eigenvalue weighted by Crippen LogP contribution is 2.33. The van der Waals surface area contributed by atoms with Crippen molar-refractivity contribution in [2.24, 2.45) is 5.73 Å². The first kappa shape index (κ1) is 14.5. The molecule has 0 spiro atoms. The Balaban J connectivity index is 2.20. The summed E-state index contributed by atoms with van der Waals surface area (Å²) in [6, 6.07) is 15.6. The van der Waals surface area contributed by atoms with Gasteiger partial charge >= 0.3 is 0 Å². The minimum atomic E-state index is -0.386. The van der Waals surface area contributed by atoms with Crippen molar-refractivity contribution in [1.82, 2.24) is 0 Å². The van der Waals surface area contributed by atoms with Crippen LogP contribution in [0.5, 0.6) is 0 Å². The van der Waals surface area contributed by atoms with Crippen LogP contribution in [0.15, 0.2) is 59.1 Å². The second-order valence-corrected chi connectivity index (χ2v) is 6.12. The van der Waals surface area contributed by atoms with E-state index in [9.17, 15) is 4.39 Å². The van der Waals surface area contributed by atoms with E-state index in [0.717, 1.165) is 21.0 Å². The molecule has 3 aromatic carbocycles. The van der Waals surface area contributed by atoms with Crippen LogP contribution in [0.1, 0.15) is 17.2 Å². The summed E-state index contributed by atoms with van der Waals surface area (Å²) in [6.07, 6.45) is 0. The normalized spacial score (nSPS) is 12.6. The summed E-state index contributed by atoms with van der Waals surface area (Å²) in [5, 5.41) is 2.01. The van der Waals surface area contributed by atoms with Crippen molar-refractivity contribution in [3.05, 3.63) is 81.0 Å². The molecule has 106 valence electrons. The summed E-state index contributed by atoms with van der Waals surface area (Å²) < 4.78 is 14.8. The van der Waals surface area contributed by atoms with E-state index >= 15 is 0 Å². The molecular weight excluding hydrogens is 353 g/mol. The molecule has 21 heavy (non-hydrogen) atoms. The van der Waals surface area contributed by atoms with E-state index in [4.69, 9.17) is 17.3 Å². The molecule has 1 atom stereocenters. The van der Waals surface area contributed by atoms with Crippen LogP contribution in [0.25, 0.3) is 10.8 Å². The van der Waals surface area contributed by atoms with Gasteiger partial charge in [-0.3, -0.25) is 0 Å². The number of rotatable bonds is 2. The molecule has 1 nitrogen and oxygen atoms in total. The van der Waals surface area contributed by atoms with Gasteiger partial charge in [-0.1, -0.05) is 57.9 Å². The smallest absolute Gasteiger partial charge is 0.131 e. The highest BCUT2D eigenvalue weighted by molar-refractivity contribution is 9.10. The third-order valence-corrected chi connectivity index (χ3v) is 4.49. The van der Waals surface area contributed by atoms with Crippen LogP contribution in [-0.2, 0) is 0 Å². The van der Waals surface area contributed by atoms with Gasteiger partial charge in [0.2, 0.25) is 0 Å². The molecule has 3 aromatic rings. The molecular formula is C17H12BrClFN. The van der Waals surface area contributed by atoms with Gasteiger partial charge < -0.3 is 5.73 Å². The Morgan fingerprint density at radius 2 is 1.67 bits per heavy atom. The minimum Gasteiger partial charge on any atom is -0.320 e. The number of nitrogens with two attached hydrogens (primary N) is 1. The van der Waals surface area contributed by atoms with E-state index < -0.39 is 0 Å². The maximum absolute atomic E-state index is 13.9. The van der Waals surface area contributed by atoms with Crippen LogP contribution in [0.4, 0.5) is 4.39 Å². The predicted molar refractivity (Wildman–Crippen MR) is 89.1 cm³/mol. The van der Waals surface area contributed by atoms with Crippen LogP contribution in [0, 0.1) is 5.82 Å². The van der Waals surface area contributed by atoms with Gasteiger partial charge in [-0.2, -0.15) is 0 Å². The second kappa shape index (κ2) is 5.76. The Kier molecular flexibility index (Phi) is 3.98. The zero-order valence-corrected chi connectivity index (χ0v) is 13.3. The van der Waals surface area contributed by atoms with Crippen LogP contribution in [0.2, 0.25) is 5.02 Å². The fourth-order valence-electron chi connectivity index (χ4n) is 2.48. The first-order chi connectivity index (χ1) is 10.1. The number of hydrogen-bond donors (Lipinski definition) is 1. The summed E-state index contributed by atoms with van der Waals surface area (Å²) in [5.41, 5.74) is 8.14. The molecule has 0 heterocycles. The monoisotopic (exact) mass is 363 g/mol. The summed E-state index contributed by atoms with van der Waals surface area (Å²) >= 11 is 9.55. The summed E-state index contributed by atoms with van der Waals surface area (Å²) in [7, 11) is 0. The molecule has 0 aliphatic heterocycles. The van der Waals surface area contributed by atoms with E-state index in [1.807, 2.05) is 30.3 Å². The van der Waals surface area contributed by atoms with Crippen LogP contribution >= 0.6 is 27.5 Å². The first-order valence-electron chi connectivity index (χ1n) is 6.45. The van der Waals surface area contributed by atoms with Crippen molar-refractivity contribution in [3.8, 4) is 0 Å². The van der Waals surface area contributed by atoms with Gasteiger partial charge in [0.05, 0.1) is 6.04 Å². The van der Waals surface area contributed by atoms with E-state index in [2.05, 4.69) is 15.9 Å². The lowest BCUT2D eigenvalue weighted by Gasteiger charge is -2.17. The molecule has 0 saturated heterocycles. The van der Waals surface area contributed by atoms with Gasteiger partial charge in [0.25, 0.3) is 0 Å². The number of halogens is 3. The molecule has 0 bridgehead atoms. The molecule has 0 aliphatic rings. The van der Waals surface area contributed by atoms with E-state index in [1.54, 1.807) is 18.2 Å². The van der Waals surface area contributed by atoms with E-state index in [0.29, 0.717) is 10.4 Å². The molecule has 0 saturated carbocycles. The SMILES string of the molecule is NC(c1cc(Cl)ccc1Br)c1ccc(F)c2ccccc12. The molecule has 3 rings (SSSR count). The Labute approximate surface area is 135 Å². The molecule has 0 fully saturated rings. The van der Waals surface area contributed by atoms with E-state index in [1.165, 1.54) is 6.07 Å². The largest absolute Gasteiger partial charge is 0.320 e. The maximum atomic E-state index is 13.9. The van der Waals surface area contributed by atoms with Crippen molar-refractivity contribution < 1.29 is 4.39 Å². The van der Waals surface area contributed by atoms with Gasteiger partial charge in [0, 0.05) is 14.9 Å². The average Bonchev–Trinajstić information content (AvgIpc) is 2.50. The zero-order valence-electron chi connectivity index (χ0n) is 11.0. The van der Waals surface area contributed by atoms with Gasteiger partial charge in [-0.25, -0.2) is 4.39 Å². The third kappa shape index (κ3) is 2.69. The number of hydrogen-bond acceptors (Lipinski definition) is 1. The molecule has 0 aliphatic carbocycles. The predicted octanol–water partition coefficient (Wildman–Crippen LogP) is 5.44. The zero-order chi connectivity index (χ0) is 15.0. The lowest BCUT2D eigenvalue weighted by Crippen LogP contribution is -2.13. The van der Waals surface area contributed by atoms with Crippen molar-refractivity contribution in [3.63, 3.8) is 0 Å². The first-order valence-corrected chi connectivity index (χ1v) is 7.62. The topological polar surface area (TPSA) is 26.0 Å². The fraction of sp³-hybridized carbons (Fsp3) is 0.0588.